The number of anilines is 1. The van der Waals surface area contributed by atoms with E-state index in [0.717, 1.165) is 48.6 Å². The minimum atomic E-state index is -0.547. The lowest BCUT2D eigenvalue weighted by Gasteiger charge is -2.35. The molecule has 0 aliphatic carbocycles. The van der Waals surface area contributed by atoms with Crippen LogP contribution in [0.1, 0.15) is 62.9 Å². The zero-order chi connectivity index (χ0) is 28.3. The third-order valence-corrected chi connectivity index (χ3v) is 7.96. The molecule has 0 bridgehead atoms. The van der Waals surface area contributed by atoms with Crippen molar-refractivity contribution in [3.8, 4) is 11.3 Å². The number of imide groups is 1. The van der Waals surface area contributed by atoms with Gasteiger partial charge < -0.3 is 10.1 Å². The summed E-state index contributed by atoms with van der Waals surface area (Å²) in [5, 5.41) is 15.5. The number of carbonyl (C=O) groups excluding carboxylic acids is 3. The molecule has 2 aliphatic heterocycles. The third-order valence-electron chi connectivity index (χ3n) is 7.02. The molecule has 11 heteroatoms. The van der Waals surface area contributed by atoms with E-state index in [4.69, 9.17) is 4.74 Å². The number of piperidine rings is 2. The van der Waals surface area contributed by atoms with E-state index in [1.54, 1.807) is 6.20 Å². The Balaban J connectivity index is 1.09. The van der Waals surface area contributed by atoms with E-state index in [9.17, 15) is 14.4 Å². The number of hydrogen-bond donors (Lipinski definition) is 2. The molecule has 2 fully saturated rings. The summed E-state index contributed by atoms with van der Waals surface area (Å²) in [7, 11) is 0. The van der Waals surface area contributed by atoms with Crippen molar-refractivity contribution < 1.29 is 19.1 Å². The molecule has 2 N–H and O–H groups in total. The maximum atomic E-state index is 12.7. The molecule has 1 unspecified atom stereocenters. The number of amides is 3. The summed E-state index contributed by atoms with van der Waals surface area (Å²) in [4.78, 5) is 39.6. The molecular formula is C29H36N6O4S. The Bertz CT molecular complexity index is 1350. The van der Waals surface area contributed by atoms with Gasteiger partial charge in [0.25, 0.3) is 5.91 Å². The predicted molar refractivity (Wildman–Crippen MR) is 153 cm³/mol. The van der Waals surface area contributed by atoms with E-state index < -0.39 is 6.04 Å². The number of nitrogens with one attached hydrogen (secondary N) is 2. The summed E-state index contributed by atoms with van der Waals surface area (Å²) >= 11 is 1.48. The van der Waals surface area contributed by atoms with Crippen LogP contribution in [0.3, 0.4) is 0 Å². The van der Waals surface area contributed by atoms with Crippen LogP contribution in [0.25, 0.3) is 11.3 Å². The van der Waals surface area contributed by atoms with Crippen LogP contribution >= 0.6 is 11.3 Å². The second kappa shape index (κ2) is 12.0. The standard InChI is InChI=1S/C29H36N6O4S/c1-29(2,3)39-22-10-12-34(13-11-22)16-19-4-6-21(7-5-19)30-27(37)15-23-14-20(18-40-23)24-17-35(33-32-24)25-8-9-26(36)31-28(25)38/h4-7,14,17-18,22,25H,8-13,15-16H2,1-3H3,(H,30,37)(H,31,36,38). The number of hydrogen-bond acceptors (Lipinski definition) is 8. The van der Waals surface area contributed by atoms with E-state index in [0.29, 0.717) is 18.2 Å². The van der Waals surface area contributed by atoms with Gasteiger partial charge in [-0.3, -0.25) is 24.6 Å². The smallest absolute Gasteiger partial charge is 0.251 e. The first-order valence-electron chi connectivity index (χ1n) is 13.7. The molecule has 5 rings (SSSR count). The van der Waals surface area contributed by atoms with E-state index in [1.807, 2.05) is 23.6 Å². The quantitative estimate of drug-likeness (QED) is 0.398. The second-order valence-electron chi connectivity index (χ2n) is 11.5. The molecular weight excluding hydrogens is 528 g/mol. The lowest BCUT2D eigenvalue weighted by Crippen LogP contribution is -2.41. The molecule has 10 nitrogen and oxygen atoms in total. The number of rotatable bonds is 8. The minimum absolute atomic E-state index is 0.0886. The van der Waals surface area contributed by atoms with Crippen molar-refractivity contribution >= 4 is 34.7 Å². The Labute approximate surface area is 238 Å². The van der Waals surface area contributed by atoms with Gasteiger partial charge in [0.2, 0.25) is 11.8 Å². The predicted octanol–water partition coefficient (Wildman–Crippen LogP) is 3.95. The molecule has 212 valence electrons. The maximum Gasteiger partial charge on any atom is 0.251 e. The van der Waals surface area contributed by atoms with E-state index in [-0.39, 0.29) is 36.2 Å². The number of carbonyl (C=O) groups is 3. The Morgan fingerprint density at radius 2 is 1.90 bits per heavy atom. The number of aromatic nitrogens is 3. The Morgan fingerprint density at radius 3 is 2.60 bits per heavy atom. The lowest BCUT2D eigenvalue weighted by molar-refractivity contribution is -0.136. The van der Waals surface area contributed by atoms with Gasteiger partial charge in [-0.2, -0.15) is 0 Å². The van der Waals surface area contributed by atoms with Crippen LogP contribution in [-0.4, -0.2) is 62.4 Å². The van der Waals surface area contributed by atoms with Crippen molar-refractivity contribution in [3.63, 3.8) is 0 Å². The fourth-order valence-corrected chi connectivity index (χ4v) is 5.98. The van der Waals surface area contributed by atoms with Crippen LogP contribution in [0.4, 0.5) is 5.69 Å². The molecule has 2 aliphatic rings. The van der Waals surface area contributed by atoms with Crippen molar-refractivity contribution in [3.05, 3.63) is 52.3 Å². The SMILES string of the molecule is CC(C)(C)OC1CCN(Cc2ccc(NC(=O)Cc3cc(-c4cn(C5CCC(=O)NC5=O)nn4)cs3)cc2)CC1. The van der Waals surface area contributed by atoms with Crippen molar-refractivity contribution in [1.82, 2.24) is 25.2 Å². The fraction of sp³-hybridized carbons (Fsp3) is 0.483. The van der Waals surface area contributed by atoms with Crippen molar-refractivity contribution in [2.45, 2.75) is 77.2 Å². The van der Waals surface area contributed by atoms with Crippen LogP contribution in [0.5, 0.6) is 0 Å². The molecule has 0 saturated carbocycles. The summed E-state index contributed by atoms with van der Waals surface area (Å²) in [6.45, 7) is 9.27. The number of likely N-dealkylation sites (tertiary alicyclic amines) is 1. The van der Waals surface area contributed by atoms with Crippen LogP contribution in [0.15, 0.2) is 41.9 Å². The van der Waals surface area contributed by atoms with Crippen LogP contribution in [-0.2, 0) is 32.1 Å². The van der Waals surface area contributed by atoms with Crippen LogP contribution in [0.2, 0.25) is 0 Å². The molecule has 4 heterocycles. The van der Waals surface area contributed by atoms with Gasteiger partial charge in [-0.15, -0.1) is 16.4 Å². The number of benzene rings is 1. The topological polar surface area (TPSA) is 118 Å². The first-order chi connectivity index (χ1) is 19.1. The fourth-order valence-electron chi connectivity index (χ4n) is 5.10. The van der Waals surface area contributed by atoms with Gasteiger partial charge in [-0.1, -0.05) is 17.3 Å². The highest BCUT2D eigenvalue weighted by Gasteiger charge is 2.29. The number of thiophene rings is 1. The summed E-state index contributed by atoms with van der Waals surface area (Å²) in [5.41, 5.74) is 3.36. The summed E-state index contributed by atoms with van der Waals surface area (Å²) in [6, 6.07) is 9.42. The minimum Gasteiger partial charge on any atom is -0.373 e. The number of nitrogens with zero attached hydrogens (tertiary/aromatic N) is 4. The Kier molecular flexibility index (Phi) is 8.43. The summed E-state index contributed by atoms with van der Waals surface area (Å²) in [5.74, 6) is -0.722. The van der Waals surface area contributed by atoms with Gasteiger partial charge in [0.15, 0.2) is 0 Å². The van der Waals surface area contributed by atoms with Gasteiger partial charge in [-0.25, -0.2) is 4.68 Å². The van der Waals surface area contributed by atoms with Gasteiger partial charge in [0.1, 0.15) is 11.7 Å². The maximum absolute atomic E-state index is 12.7. The molecule has 1 aromatic carbocycles. The van der Waals surface area contributed by atoms with Crippen molar-refractivity contribution in [2.75, 3.05) is 18.4 Å². The van der Waals surface area contributed by atoms with Gasteiger partial charge >= 0.3 is 0 Å². The highest BCUT2D eigenvalue weighted by Crippen LogP contribution is 2.27. The van der Waals surface area contributed by atoms with E-state index in [2.05, 4.69) is 58.7 Å². The average Bonchev–Trinajstić information content (AvgIpc) is 3.55. The first kappa shape index (κ1) is 28.1. The third kappa shape index (κ3) is 7.41. The van der Waals surface area contributed by atoms with Crippen LogP contribution < -0.4 is 10.6 Å². The van der Waals surface area contributed by atoms with Crippen molar-refractivity contribution in [2.24, 2.45) is 0 Å². The van der Waals surface area contributed by atoms with Gasteiger partial charge in [0, 0.05) is 47.6 Å². The number of ether oxygens (including phenoxy) is 1. The molecule has 3 amide bonds. The van der Waals surface area contributed by atoms with Crippen molar-refractivity contribution in [1.29, 1.82) is 0 Å². The average molecular weight is 565 g/mol. The highest BCUT2D eigenvalue weighted by atomic mass is 32.1. The monoisotopic (exact) mass is 564 g/mol. The molecule has 0 spiro atoms. The molecule has 2 aromatic heterocycles. The van der Waals surface area contributed by atoms with Gasteiger partial charge in [-0.05, 0) is 63.8 Å². The molecule has 0 radical (unpaired) electrons. The summed E-state index contributed by atoms with van der Waals surface area (Å²) in [6.07, 6.45) is 5.06. The zero-order valence-electron chi connectivity index (χ0n) is 23.2. The van der Waals surface area contributed by atoms with Crippen LogP contribution in [0, 0.1) is 0 Å². The lowest BCUT2D eigenvalue weighted by atomic mass is 10.0. The zero-order valence-corrected chi connectivity index (χ0v) is 24.0. The van der Waals surface area contributed by atoms with E-state index in [1.165, 1.54) is 21.6 Å². The van der Waals surface area contributed by atoms with E-state index >= 15 is 0 Å². The normalized spacial score (nSPS) is 19.0. The second-order valence-corrected chi connectivity index (χ2v) is 12.5. The van der Waals surface area contributed by atoms with Gasteiger partial charge in [0.05, 0.1) is 24.3 Å². The Hall–Kier alpha value is -3.41. The molecule has 3 aromatic rings. The Morgan fingerprint density at radius 1 is 1.15 bits per heavy atom. The first-order valence-corrected chi connectivity index (χ1v) is 14.6. The summed E-state index contributed by atoms with van der Waals surface area (Å²) < 4.78 is 7.63. The largest absolute Gasteiger partial charge is 0.373 e. The molecule has 2 saturated heterocycles. The highest BCUT2D eigenvalue weighted by molar-refractivity contribution is 7.10. The molecule has 40 heavy (non-hydrogen) atoms. The molecule has 1 atom stereocenters.